The van der Waals surface area contributed by atoms with Crippen LogP contribution in [0.4, 0.5) is 4.79 Å². The van der Waals surface area contributed by atoms with Crippen LogP contribution in [-0.2, 0) is 4.74 Å². The van der Waals surface area contributed by atoms with E-state index in [4.69, 9.17) is 4.74 Å². The van der Waals surface area contributed by atoms with E-state index in [0.29, 0.717) is 5.69 Å². The van der Waals surface area contributed by atoms with Crippen molar-refractivity contribution in [3.8, 4) is 0 Å². The second kappa shape index (κ2) is 7.56. The van der Waals surface area contributed by atoms with Gasteiger partial charge in [0.1, 0.15) is 16.3 Å². The summed E-state index contributed by atoms with van der Waals surface area (Å²) in [5.74, 6) is 0. The van der Waals surface area contributed by atoms with Gasteiger partial charge in [0, 0.05) is 6.20 Å². The largest absolute Gasteiger partial charge is 0.443 e. The first-order valence-electron chi connectivity index (χ1n) is 8.75. The van der Waals surface area contributed by atoms with Gasteiger partial charge < -0.3 is 14.7 Å². The number of benzene rings is 1. The van der Waals surface area contributed by atoms with E-state index in [1.807, 2.05) is 30.3 Å². The molecule has 2 heterocycles. The van der Waals surface area contributed by atoms with Crippen LogP contribution >= 0.6 is 0 Å². The minimum atomic E-state index is -0.653. The van der Waals surface area contributed by atoms with Gasteiger partial charge >= 0.3 is 6.09 Å². The Kier molecular flexibility index (Phi) is 5.17. The van der Waals surface area contributed by atoms with Crippen LogP contribution in [0, 0.1) is 0 Å². The molecule has 0 radical (unpaired) electrons. The summed E-state index contributed by atoms with van der Waals surface area (Å²) in [6.45, 7) is 5.30. The molecule has 0 aliphatic heterocycles. The van der Waals surface area contributed by atoms with Crippen molar-refractivity contribution in [2.24, 2.45) is 0 Å². The summed E-state index contributed by atoms with van der Waals surface area (Å²) in [4.78, 5) is 42.2. The highest BCUT2D eigenvalue weighted by molar-refractivity contribution is 5.74. The first-order valence-corrected chi connectivity index (χ1v) is 8.75. The smallest absolute Gasteiger partial charge is 0.418 e. The van der Waals surface area contributed by atoms with Crippen LogP contribution < -0.4 is 21.8 Å². The van der Waals surface area contributed by atoms with Gasteiger partial charge in [-0.05, 0) is 50.6 Å². The molecule has 0 fully saturated rings. The summed E-state index contributed by atoms with van der Waals surface area (Å²) < 4.78 is 6.61. The minimum absolute atomic E-state index is 0.0405. The number of aromatic amines is 2. The number of carbonyl (C=O) groups excluding carboxylic acids is 1. The zero-order valence-electron chi connectivity index (χ0n) is 15.9. The summed E-state index contributed by atoms with van der Waals surface area (Å²) in [6.07, 6.45) is 3.98. The van der Waals surface area contributed by atoms with E-state index >= 15 is 0 Å². The molecule has 0 spiro atoms. The Hall–Kier alpha value is -3.61. The third-order valence-electron chi connectivity index (χ3n) is 3.76. The maximum atomic E-state index is 12.4. The lowest BCUT2D eigenvalue weighted by Gasteiger charge is -2.20. The van der Waals surface area contributed by atoms with Gasteiger partial charge in [-0.1, -0.05) is 30.3 Å². The van der Waals surface area contributed by atoms with Gasteiger partial charge in [0.2, 0.25) is 0 Å². The van der Waals surface area contributed by atoms with Gasteiger partial charge in [-0.25, -0.2) is 4.79 Å². The van der Waals surface area contributed by atoms with Crippen LogP contribution in [0.2, 0.25) is 0 Å². The quantitative estimate of drug-likeness (QED) is 0.701. The lowest BCUT2D eigenvalue weighted by molar-refractivity contribution is 0.0536. The number of nitrogens with one attached hydrogen (secondary N) is 2. The molecule has 2 aromatic heterocycles. The molecular weight excluding hydrogens is 358 g/mol. The Labute approximate surface area is 160 Å². The molecule has 7 heteroatoms. The van der Waals surface area contributed by atoms with Crippen molar-refractivity contribution in [2.75, 3.05) is 0 Å². The molecule has 2 N–H and O–H groups in total. The lowest BCUT2D eigenvalue weighted by atomic mass is 10.2. The van der Waals surface area contributed by atoms with Crippen molar-refractivity contribution >= 4 is 18.2 Å². The molecule has 3 rings (SSSR count). The molecule has 7 nitrogen and oxygen atoms in total. The van der Waals surface area contributed by atoms with E-state index in [0.717, 1.165) is 5.56 Å². The van der Waals surface area contributed by atoms with Crippen LogP contribution in [0.15, 0.2) is 58.3 Å². The average molecular weight is 379 g/mol. The van der Waals surface area contributed by atoms with Crippen LogP contribution in [0.25, 0.3) is 12.2 Å². The fourth-order valence-corrected chi connectivity index (χ4v) is 2.55. The van der Waals surface area contributed by atoms with E-state index in [2.05, 4.69) is 9.97 Å². The van der Waals surface area contributed by atoms with Gasteiger partial charge in [0.15, 0.2) is 0 Å². The van der Waals surface area contributed by atoms with E-state index in [1.54, 1.807) is 39.0 Å². The molecule has 0 aliphatic carbocycles. The summed E-state index contributed by atoms with van der Waals surface area (Å²) in [6, 6.07) is 12.5. The van der Waals surface area contributed by atoms with Crippen molar-refractivity contribution < 1.29 is 9.53 Å². The number of hydrogen-bond donors (Lipinski definition) is 2. The molecule has 0 amide bonds. The zero-order chi connectivity index (χ0) is 20.3. The Bertz CT molecular complexity index is 1230. The molecule has 0 unspecified atom stereocenters. The predicted octanol–water partition coefficient (Wildman–Crippen LogP) is 1.31. The van der Waals surface area contributed by atoms with Crippen molar-refractivity contribution in [2.45, 2.75) is 26.4 Å². The maximum absolute atomic E-state index is 12.4. The number of nitrogens with zero attached hydrogens (tertiary/aromatic N) is 1. The molecule has 0 saturated heterocycles. The van der Waals surface area contributed by atoms with Crippen LogP contribution in [0.5, 0.6) is 0 Å². The second-order valence-electron chi connectivity index (χ2n) is 7.22. The standard InChI is InChI=1S/C21H21N3O4/c1-21(2,3)28-20(27)24-11-7-10-15(24)13-17-19(26)22-16(18(25)23-17)12-14-8-5-4-6-9-14/h4-13H,1-3H3,(H,22,26)(H,23,25)/b16-12-,17-13-. The molecule has 1 aromatic carbocycles. The SMILES string of the molecule is CC(C)(C)OC(=O)n1cccc1/C=c1\[nH]c(=O)/c(=C/c2ccccc2)[nH]c1=O. The minimum Gasteiger partial charge on any atom is -0.443 e. The molecule has 144 valence electrons. The monoisotopic (exact) mass is 379 g/mol. The summed E-state index contributed by atoms with van der Waals surface area (Å²) in [5.41, 5.74) is -0.363. The van der Waals surface area contributed by atoms with Gasteiger partial charge in [-0.3, -0.25) is 14.2 Å². The van der Waals surface area contributed by atoms with E-state index in [1.165, 1.54) is 16.8 Å². The number of ether oxygens (including phenoxy) is 1. The average Bonchev–Trinajstić information content (AvgIpc) is 3.07. The maximum Gasteiger partial charge on any atom is 0.418 e. The summed E-state index contributed by atoms with van der Waals surface area (Å²) in [7, 11) is 0. The highest BCUT2D eigenvalue weighted by Crippen LogP contribution is 2.11. The number of carbonyl (C=O) groups is 1. The van der Waals surface area contributed by atoms with Crippen molar-refractivity contribution in [1.82, 2.24) is 14.5 Å². The van der Waals surface area contributed by atoms with Crippen molar-refractivity contribution in [1.29, 1.82) is 0 Å². The van der Waals surface area contributed by atoms with Crippen molar-refractivity contribution in [3.63, 3.8) is 0 Å². The van der Waals surface area contributed by atoms with E-state index in [-0.39, 0.29) is 10.7 Å². The normalized spacial score (nSPS) is 13.0. The Morgan fingerprint density at radius 2 is 1.54 bits per heavy atom. The van der Waals surface area contributed by atoms with Gasteiger partial charge in [0.25, 0.3) is 11.1 Å². The van der Waals surface area contributed by atoms with Gasteiger partial charge in [-0.15, -0.1) is 0 Å². The Morgan fingerprint density at radius 1 is 0.929 bits per heavy atom. The fourth-order valence-electron chi connectivity index (χ4n) is 2.55. The molecule has 0 atom stereocenters. The number of aromatic nitrogens is 3. The zero-order valence-corrected chi connectivity index (χ0v) is 15.9. The molecule has 0 saturated carbocycles. The van der Waals surface area contributed by atoms with Gasteiger partial charge in [0.05, 0.1) is 5.69 Å². The molecule has 0 bridgehead atoms. The third kappa shape index (κ3) is 4.56. The molecule has 0 aliphatic rings. The lowest BCUT2D eigenvalue weighted by Crippen LogP contribution is -2.46. The number of rotatable bonds is 2. The van der Waals surface area contributed by atoms with Crippen molar-refractivity contribution in [3.05, 3.63) is 91.3 Å². The van der Waals surface area contributed by atoms with Crippen LogP contribution in [0.3, 0.4) is 0 Å². The first-order chi connectivity index (χ1) is 13.2. The molecule has 28 heavy (non-hydrogen) atoms. The van der Waals surface area contributed by atoms with Crippen LogP contribution in [0.1, 0.15) is 32.0 Å². The number of hydrogen-bond acceptors (Lipinski definition) is 4. The van der Waals surface area contributed by atoms with Crippen LogP contribution in [-0.4, -0.2) is 26.2 Å². The first kappa shape index (κ1) is 19.2. The topological polar surface area (TPSA) is 96.9 Å². The third-order valence-corrected chi connectivity index (χ3v) is 3.76. The summed E-state index contributed by atoms with van der Waals surface area (Å²) >= 11 is 0. The Morgan fingerprint density at radius 3 is 2.14 bits per heavy atom. The summed E-state index contributed by atoms with van der Waals surface area (Å²) in [5, 5.41) is 0.189. The molecular formula is C21H21N3O4. The fraction of sp³-hybridized carbons (Fsp3) is 0.190. The van der Waals surface area contributed by atoms with E-state index in [9.17, 15) is 14.4 Å². The highest BCUT2D eigenvalue weighted by Gasteiger charge is 2.18. The highest BCUT2D eigenvalue weighted by atomic mass is 16.6. The molecule has 3 aromatic rings. The van der Waals surface area contributed by atoms with Gasteiger partial charge in [-0.2, -0.15) is 0 Å². The number of H-pyrrole nitrogens is 2. The van der Waals surface area contributed by atoms with E-state index < -0.39 is 22.8 Å². The Balaban J connectivity index is 2.04. The second-order valence-corrected chi connectivity index (χ2v) is 7.22. The predicted molar refractivity (Wildman–Crippen MR) is 107 cm³/mol.